The SMILES string of the molecule is Cc1noc(C)c1CNCC(F)F. The summed E-state index contributed by atoms with van der Waals surface area (Å²) in [5.74, 6) is 0.680. The fraction of sp³-hybridized carbons (Fsp3) is 0.625. The minimum atomic E-state index is -2.32. The number of nitrogens with one attached hydrogen (secondary N) is 1. The number of hydrogen-bond donors (Lipinski definition) is 1. The largest absolute Gasteiger partial charge is 0.361 e. The van der Waals surface area contributed by atoms with Gasteiger partial charge in [0.1, 0.15) is 5.76 Å². The highest BCUT2D eigenvalue weighted by atomic mass is 19.3. The van der Waals surface area contributed by atoms with E-state index in [1.807, 2.05) is 0 Å². The molecule has 1 aromatic rings. The number of rotatable bonds is 4. The van der Waals surface area contributed by atoms with Crippen LogP contribution in [0.2, 0.25) is 0 Å². The van der Waals surface area contributed by atoms with Crippen LogP contribution in [-0.4, -0.2) is 18.1 Å². The minimum absolute atomic E-state index is 0.302. The van der Waals surface area contributed by atoms with Gasteiger partial charge in [0.05, 0.1) is 12.2 Å². The van der Waals surface area contributed by atoms with Crippen LogP contribution < -0.4 is 5.32 Å². The second-order valence-electron chi connectivity index (χ2n) is 2.82. The van der Waals surface area contributed by atoms with Crippen molar-refractivity contribution in [3.8, 4) is 0 Å². The van der Waals surface area contributed by atoms with E-state index in [1.54, 1.807) is 13.8 Å². The van der Waals surface area contributed by atoms with Crippen molar-refractivity contribution in [3.63, 3.8) is 0 Å². The molecule has 0 spiro atoms. The Morgan fingerprint density at radius 1 is 1.46 bits per heavy atom. The van der Waals surface area contributed by atoms with Gasteiger partial charge in [0, 0.05) is 12.1 Å². The average molecular weight is 190 g/mol. The molecule has 1 aromatic heterocycles. The maximum atomic E-state index is 11.8. The number of nitrogens with zero attached hydrogens (tertiary/aromatic N) is 1. The number of halogens is 2. The Morgan fingerprint density at radius 3 is 2.62 bits per heavy atom. The molecule has 74 valence electrons. The molecule has 0 saturated heterocycles. The predicted octanol–water partition coefficient (Wildman–Crippen LogP) is 1.65. The lowest BCUT2D eigenvalue weighted by Gasteiger charge is -2.02. The van der Waals surface area contributed by atoms with Crippen LogP contribution in [0, 0.1) is 13.8 Å². The molecule has 0 aliphatic carbocycles. The van der Waals surface area contributed by atoms with Crippen molar-refractivity contribution in [1.82, 2.24) is 10.5 Å². The minimum Gasteiger partial charge on any atom is -0.361 e. The van der Waals surface area contributed by atoms with E-state index in [9.17, 15) is 8.78 Å². The van der Waals surface area contributed by atoms with Crippen molar-refractivity contribution in [3.05, 3.63) is 17.0 Å². The predicted molar refractivity (Wildman–Crippen MR) is 43.7 cm³/mol. The van der Waals surface area contributed by atoms with E-state index in [1.165, 1.54) is 0 Å². The molecule has 0 aliphatic heterocycles. The summed E-state index contributed by atoms with van der Waals surface area (Å²) >= 11 is 0. The van der Waals surface area contributed by atoms with Gasteiger partial charge in [0.2, 0.25) is 0 Å². The molecule has 0 unspecified atom stereocenters. The first-order chi connectivity index (χ1) is 6.11. The van der Waals surface area contributed by atoms with Gasteiger partial charge in [0.25, 0.3) is 6.43 Å². The third-order valence-electron chi connectivity index (χ3n) is 1.78. The van der Waals surface area contributed by atoms with Crippen molar-refractivity contribution in [2.75, 3.05) is 6.54 Å². The molecular formula is C8H12F2N2O. The monoisotopic (exact) mass is 190 g/mol. The molecule has 0 aliphatic rings. The molecule has 0 fully saturated rings. The van der Waals surface area contributed by atoms with Crippen LogP contribution in [0.15, 0.2) is 4.52 Å². The number of aryl methyl sites for hydroxylation is 2. The zero-order valence-corrected chi connectivity index (χ0v) is 7.60. The molecule has 0 amide bonds. The van der Waals surface area contributed by atoms with Gasteiger partial charge < -0.3 is 9.84 Å². The van der Waals surface area contributed by atoms with Crippen molar-refractivity contribution < 1.29 is 13.3 Å². The number of alkyl halides is 2. The zero-order chi connectivity index (χ0) is 9.84. The standard InChI is InChI=1S/C8H12F2N2O/c1-5-7(6(2)13-12-5)3-11-4-8(9)10/h8,11H,3-4H2,1-2H3. The Balaban J connectivity index is 2.44. The molecule has 1 N–H and O–H groups in total. The molecule has 5 heteroatoms. The lowest BCUT2D eigenvalue weighted by molar-refractivity contribution is 0.145. The third kappa shape index (κ3) is 2.77. The maximum Gasteiger partial charge on any atom is 0.250 e. The van der Waals surface area contributed by atoms with Gasteiger partial charge in [-0.3, -0.25) is 0 Å². The van der Waals surface area contributed by atoms with E-state index in [0.717, 1.165) is 11.3 Å². The molecule has 1 rings (SSSR count). The topological polar surface area (TPSA) is 38.1 Å². The molecule has 0 radical (unpaired) electrons. The van der Waals surface area contributed by atoms with E-state index in [-0.39, 0.29) is 6.54 Å². The Hall–Kier alpha value is -0.970. The van der Waals surface area contributed by atoms with Crippen molar-refractivity contribution >= 4 is 0 Å². The first-order valence-electron chi connectivity index (χ1n) is 4.02. The Morgan fingerprint density at radius 2 is 2.15 bits per heavy atom. The van der Waals surface area contributed by atoms with Gasteiger partial charge in [0.15, 0.2) is 0 Å². The highest BCUT2D eigenvalue weighted by molar-refractivity contribution is 5.20. The van der Waals surface area contributed by atoms with Gasteiger partial charge in [-0.15, -0.1) is 0 Å². The lowest BCUT2D eigenvalue weighted by atomic mass is 10.2. The molecule has 0 aromatic carbocycles. The fourth-order valence-electron chi connectivity index (χ4n) is 1.06. The summed E-state index contributed by atoms with van der Waals surface area (Å²) in [5.41, 5.74) is 1.61. The molecule has 3 nitrogen and oxygen atoms in total. The van der Waals surface area contributed by atoms with E-state index in [0.29, 0.717) is 12.3 Å². The van der Waals surface area contributed by atoms with Crippen LogP contribution in [-0.2, 0) is 6.54 Å². The first-order valence-corrected chi connectivity index (χ1v) is 4.02. The molecule has 1 heterocycles. The van der Waals surface area contributed by atoms with E-state index < -0.39 is 6.43 Å². The number of aromatic nitrogens is 1. The van der Waals surface area contributed by atoms with Crippen molar-refractivity contribution in [2.45, 2.75) is 26.8 Å². The molecule has 0 bridgehead atoms. The van der Waals surface area contributed by atoms with E-state index in [2.05, 4.69) is 10.5 Å². The summed E-state index contributed by atoms with van der Waals surface area (Å²) < 4.78 is 28.4. The Bertz CT molecular complexity index is 254. The van der Waals surface area contributed by atoms with Gasteiger partial charge in [-0.1, -0.05) is 5.16 Å². The molecular weight excluding hydrogens is 178 g/mol. The summed E-state index contributed by atoms with van der Waals surface area (Å²) in [6, 6.07) is 0. The summed E-state index contributed by atoms with van der Waals surface area (Å²) in [7, 11) is 0. The van der Waals surface area contributed by atoms with Crippen LogP contribution in [0.4, 0.5) is 8.78 Å². The Kier molecular flexibility index (Phi) is 3.36. The number of hydrogen-bond acceptors (Lipinski definition) is 3. The summed E-state index contributed by atoms with van der Waals surface area (Å²) in [6.45, 7) is 3.63. The quantitative estimate of drug-likeness (QED) is 0.784. The van der Waals surface area contributed by atoms with Crippen LogP contribution >= 0.6 is 0 Å². The average Bonchev–Trinajstić information content (AvgIpc) is 2.34. The second kappa shape index (κ2) is 4.32. The third-order valence-corrected chi connectivity index (χ3v) is 1.78. The molecule has 13 heavy (non-hydrogen) atoms. The Labute approximate surface area is 75.1 Å². The van der Waals surface area contributed by atoms with Crippen LogP contribution in [0.1, 0.15) is 17.0 Å². The summed E-state index contributed by atoms with van der Waals surface area (Å²) in [6.07, 6.45) is -2.32. The van der Waals surface area contributed by atoms with E-state index in [4.69, 9.17) is 4.52 Å². The van der Waals surface area contributed by atoms with Gasteiger partial charge in [-0.05, 0) is 13.8 Å². The smallest absolute Gasteiger partial charge is 0.250 e. The first kappa shape index (κ1) is 10.1. The molecule has 0 atom stereocenters. The summed E-state index contributed by atoms with van der Waals surface area (Å²) in [4.78, 5) is 0. The second-order valence-corrected chi connectivity index (χ2v) is 2.82. The highest BCUT2D eigenvalue weighted by Gasteiger charge is 2.09. The normalized spacial score (nSPS) is 11.2. The summed E-state index contributed by atoms with van der Waals surface area (Å²) in [5, 5.41) is 6.33. The van der Waals surface area contributed by atoms with Crippen LogP contribution in [0.25, 0.3) is 0 Å². The molecule has 0 saturated carbocycles. The zero-order valence-electron chi connectivity index (χ0n) is 7.60. The van der Waals surface area contributed by atoms with Gasteiger partial charge in [-0.2, -0.15) is 0 Å². The van der Waals surface area contributed by atoms with Crippen molar-refractivity contribution in [2.24, 2.45) is 0 Å². The van der Waals surface area contributed by atoms with Crippen LogP contribution in [0.5, 0.6) is 0 Å². The van der Waals surface area contributed by atoms with E-state index >= 15 is 0 Å². The van der Waals surface area contributed by atoms with Crippen molar-refractivity contribution in [1.29, 1.82) is 0 Å². The van der Waals surface area contributed by atoms with Gasteiger partial charge >= 0.3 is 0 Å². The highest BCUT2D eigenvalue weighted by Crippen LogP contribution is 2.11. The van der Waals surface area contributed by atoms with Crippen LogP contribution in [0.3, 0.4) is 0 Å². The fourth-order valence-corrected chi connectivity index (χ4v) is 1.06. The van der Waals surface area contributed by atoms with Gasteiger partial charge in [-0.25, -0.2) is 8.78 Å². The lowest BCUT2D eigenvalue weighted by Crippen LogP contribution is -2.21. The maximum absolute atomic E-state index is 11.8.